The van der Waals surface area contributed by atoms with Crippen molar-refractivity contribution < 1.29 is 47.4 Å². The van der Waals surface area contributed by atoms with E-state index in [1.165, 1.54) is 12.3 Å². The molecule has 4 N–H and O–H groups in total. The lowest BCUT2D eigenvalue weighted by atomic mass is 10.1. The quantitative estimate of drug-likeness (QED) is 0.246. The zero-order valence-electron chi connectivity index (χ0n) is 16.6. The van der Waals surface area contributed by atoms with Gasteiger partial charge in [0.25, 0.3) is 0 Å². The Morgan fingerprint density at radius 3 is 2.40 bits per heavy atom. The number of nitrogens with two attached hydrogens (primary N) is 1. The number of nitrogen functional groups attached to an aromatic ring is 1. The molecule has 30 heavy (non-hydrogen) atoms. The van der Waals surface area contributed by atoms with Crippen LogP contribution in [0.4, 0.5) is 5.82 Å². The number of aliphatic hydroxyl groups excluding tert-OH is 2. The molecular formula is C14H25N4O10P2-. The molecule has 0 saturated carbocycles. The van der Waals surface area contributed by atoms with Crippen molar-refractivity contribution in [2.75, 3.05) is 46.6 Å². The van der Waals surface area contributed by atoms with E-state index >= 15 is 0 Å². The highest BCUT2D eigenvalue weighted by Gasteiger charge is 2.45. The Hall–Kier alpha value is -1.18. The summed E-state index contributed by atoms with van der Waals surface area (Å²) in [7, 11) is -5.68. The van der Waals surface area contributed by atoms with E-state index in [9.17, 15) is 33.9 Å². The number of aliphatic hydroxyl groups is 2. The van der Waals surface area contributed by atoms with E-state index < -0.39 is 51.4 Å². The van der Waals surface area contributed by atoms with Crippen LogP contribution < -0.4 is 21.2 Å². The van der Waals surface area contributed by atoms with Gasteiger partial charge in [0.2, 0.25) is 14.6 Å². The first-order valence-corrected chi connectivity index (χ1v) is 12.5. The van der Waals surface area contributed by atoms with Crippen molar-refractivity contribution in [2.24, 2.45) is 0 Å². The van der Waals surface area contributed by atoms with Crippen molar-refractivity contribution >= 4 is 20.4 Å². The van der Waals surface area contributed by atoms with E-state index in [-0.39, 0.29) is 19.0 Å². The number of likely N-dealkylation sites (N-methyl/N-ethyl adjacent to an activating group) is 1. The molecule has 0 aliphatic carbocycles. The smallest absolute Gasteiger partial charge is 0.351 e. The number of hydrogen-bond acceptors (Lipinski definition) is 12. The molecule has 2 heterocycles. The molecule has 3 unspecified atom stereocenters. The number of anilines is 1. The fourth-order valence-corrected chi connectivity index (χ4v) is 4.68. The van der Waals surface area contributed by atoms with Crippen molar-refractivity contribution in [1.29, 1.82) is 0 Å². The summed E-state index contributed by atoms with van der Waals surface area (Å²) in [6.45, 7) is -1.09. The van der Waals surface area contributed by atoms with Crippen LogP contribution in [0.25, 0.3) is 0 Å². The molecule has 0 amide bonds. The lowest BCUT2D eigenvalue weighted by Crippen LogP contribution is -2.37. The highest BCUT2D eigenvalue weighted by atomic mass is 32.1. The van der Waals surface area contributed by atoms with Crippen LogP contribution in [0.5, 0.6) is 0 Å². The van der Waals surface area contributed by atoms with Gasteiger partial charge >= 0.3 is 5.69 Å². The van der Waals surface area contributed by atoms with Gasteiger partial charge in [-0.15, -0.1) is 0 Å². The molecule has 14 nitrogen and oxygen atoms in total. The number of nitrogens with zero attached hydrogens (tertiary/aromatic N) is 3. The molecule has 0 aromatic carbocycles. The molecule has 6 atom stereocenters. The maximum atomic E-state index is 12.0. The fraction of sp³-hybridized carbons (Fsp3) is 0.714. The Bertz CT molecular complexity index is 903. The molecule has 1 saturated heterocycles. The maximum absolute atomic E-state index is 12.0. The minimum atomic E-state index is -5.53. The van der Waals surface area contributed by atoms with Crippen molar-refractivity contribution in [3.05, 3.63) is 22.7 Å². The lowest BCUT2D eigenvalue weighted by molar-refractivity contribution is -0.870. The molecule has 172 valence electrons. The van der Waals surface area contributed by atoms with Crippen LogP contribution in [0.3, 0.4) is 0 Å². The maximum Gasteiger partial charge on any atom is 0.351 e. The van der Waals surface area contributed by atoms with E-state index in [2.05, 4.69) is 14.0 Å². The molecule has 1 aliphatic rings. The molecule has 0 bridgehead atoms. The summed E-state index contributed by atoms with van der Waals surface area (Å²) in [5.41, 5.74) is 4.50. The highest BCUT2D eigenvalue weighted by Crippen LogP contribution is 2.72. The highest BCUT2D eigenvalue weighted by molar-refractivity contribution is 8.25. The second kappa shape index (κ2) is 9.13. The fourth-order valence-electron chi connectivity index (χ4n) is 2.46. The molecule has 16 heteroatoms. The number of rotatable bonds is 9. The molecule has 2 rings (SSSR count). The van der Waals surface area contributed by atoms with E-state index in [0.717, 1.165) is 4.57 Å². The predicted molar refractivity (Wildman–Crippen MR) is 98.8 cm³/mol. The normalized spacial score (nSPS) is 28.8. The van der Waals surface area contributed by atoms with Crippen LogP contribution in [0.15, 0.2) is 17.1 Å². The summed E-state index contributed by atoms with van der Waals surface area (Å²) >= 11 is 0. The molecule has 1 fully saturated rings. The Morgan fingerprint density at radius 1 is 1.23 bits per heavy atom. The molecule has 1 aromatic heterocycles. The average Bonchev–Trinajstić information content (AvgIpc) is 2.87. The van der Waals surface area contributed by atoms with E-state index in [1.54, 1.807) is 21.1 Å². The van der Waals surface area contributed by atoms with Gasteiger partial charge in [-0.2, -0.15) is 4.98 Å². The molecule has 1 aromatic rings. The third kappa shape index (κ3) is 5.95. The van der Waals surface area contributed by atoms with Crippen LogP contribution in [-0.2, 0) is 22.9 Å². The zero-order valence-corrected chi connectivity index (χ0v) is 18.3. The minimum absolute atomic E-state index is 0.0760. The first kappa shape index (κ1) is 25.1. The van der Waals surface area contributed by atoms with Gasteiger partial charge in [0.05, 0.1) is 27.7 Å². The topological polar surface area (TPSA) is 209 Å². The summed E-state index contributed by atoms with van der Waals surface area (Å²) in [5.74, 6) is -0.0760. The van der Waals surface area contributed by atoms with Gasteiger partial charge in [-0.1, -0.05) is 0 Å². The second-order valence-corrected chi connectivity index (χ2v) is 13.0. The zero-order chi connectivity index (χ0) is 22.9. The standard InChI is InChI=1S/C14H26N4O10P2/c1-18(2,3)6-7-26-29(22,23)30(24,25)27-8-9-11(19)12(20)13(28-9)17-5-4-10(15)16-14(17)21/h4-5,9,11-13,19-20H,6-8H2,1-3H3,(H3-,15,16,21,22,23,24,25)/p-1/t9?,11-,12-,13-/m1/s1. The van der Waals surface area contributed by atoms with Crippen LogP contribution in [0, 0.1) is 0 Å². The molecule has 0 spiro atoms. The monoisotopic (exact) mass is 471 g/mol. The van der Waals surface area contributed by atoms with Crippen LogP contribution in [-0.4, -0.2) is 83.5 Å². The first-order valence-electron chi connectivity index (χ1n) is 8.73. The minimum Gasteiger partial charge on any atom is -0.772 e. The lowest BCUT2D eigenvalue weighted by Gasteiger charge is -2.36. The van der Waals surface area contributed by atoms with E-state index in [1.807, 2.05) is 0 Å². The van der Waals surface area contributed by atoms with Crippen LogP contribution >= 0.6 is 14.6 Å². The summed E-state index contributed by atoms with van der Waals surface area (Å²) in [6, 6.07) is 1.25. The number of aromatic nitrogens is 2. The molecule has 0 radical (unpaired) electrons. The van der Waals surface area contributed by atoms with Crippen molar-refractivity contribution in [2.45, 2.75) is 24.5 Å². The second-order valence-electron chi connectivity index (χ2n) is 7.67. The average molecular weight is 471 g/mol. The summed E-state index contributed by atoms with van der Waals surface area (Å²) < 4.78 is 39.4. The Labute approximate surface area is 172 Å². The molecule has 1 aliphatic heterocycles. The van der Waals surface area contributed by atoms with Crippen LogP contribution in [0.2, 0.25) is 0 Å². The van der Waals surface area contributed by atoms with Gasteiger partial charge in [0.15, 0.2) is 6.23 Å². The summed E-state index contributed by atoms with van der Waals surface area (Å²) in [4.78, 5) is 39.3. The van der Waals surface area contributed by atoms with Crippen LogP contribution in [0.1, 0.15) is 6.23 Å². The van der Waals surface area contributed by atoms with E-state index in [0.29, 0.717) is 4.48 Å². The van der Waals surface area contributed by atoms with Gasteiger partial charge in [-0.05, 0) is 6.07 Å². The van der Waals surface area contributed by atoms with Gasteiger partial charge in [0, 0.05) is 6.20 Å². The third-order valence-corrected chi connectivity index (χ3v) is 8.26. The van der Waals surface area contributed by atoms with Gasteiger partial charge in [-0.25, -0.2) is 4.79 Å². The van der Waals surface area contributed by atoms with Gasteiger partial charge in [-0.3, -0.25) is 13.7 Å². The van der Waals surface area contributed by atoms with Crippen molar-refractivity contribution in [3.63, 3.8) is 0 Å². The van der Waals surface area contributed by atoms with Gasteiger partial charge < -0.3 is 44.0 Å². The van der Waals surface area contributed by atoms with Crippen molar-refractivity contribution in [1.82, 2.24) is 9.55 Å². The Balaban J connectivity index is 2.03. The number of quaternary nitrogens is 1. The summed E-state index contributed by atoms with van der Waals surface area (Å²) in [6.07, 6.45) is -5.03. The Morgan fingerprint density at radius 2 is 1.83 bits per heavy atom. The molecular weight excluding hydrogens is 446 g/mol. The number of ether oxygens (including phenoxy) is 1. The number of hydrogen-bond donors (Lipinski definition) is 3. The predicted octanol–water partition coefficient (Wildman–Crippen LogP) is -2.79. The van der Waals surface area contributed by atoms with E-state index in [4.69, 9.17) is 10.5 Å². The van der Waals surface area contributed by atoms with Crippen molar-refractivity contribution in [3.8, 4) is 0 Å². The Kier molecular flexibility index (Phi) is 7.63. The van der Waals surface area contributed by atoms with Gasteiger partial charge in [0.1, 0.15) is 37.3 Å². The summed E-state index contributed by atoms with van der Waals surface area (Å²) in [5, 5.41) is 20.2. The SMILES string of the molecule is C[N+](C)(C)CCOP(=O)([O-])P(=O)([O-])OCC1O[C@@H](n2ccc(N)nc2=O)[C@H](O)[C@@H]1O. The third-order valence-electron chi connectivity index (χ3n) is 4.18. The largest absolute Gasteiger partial charge is 0.772 e. The first-order chi connectivity index (χ1) is 13.6.